The molecule has 0 atom stereocenters. The second-order valence-electron chi connectivity index (χ2n) is 7.78. The van der Waals surface area contributed by atoms with Gasteiger partial charge < -0.3 is 0 Å². The van der Waals surface area contributed by atoms with Crippen LogP contribution in [0.25, 0.3) is 10.9 Å². The standard InChI is InChI=1S/C20H29N5OP/c1-2-10-19-18(9-1)20(22-17-21-19)26-27(23-11-3-4-12-23,24-13-5-6-14-24)25-15-7-8-16-25/h1-2,9-10,17H,3-8,11-16H2/q+1. The van der Waals surface area contributed by atoms with E-state index in [1.807, 2.05) is 12.1 Å². The Balaban J connectivity index is 1.61. The molecule has 3 saturated heterocycles. The molecule has 3 aliphatic heterocycles. The molecule has 2 aromatic rings. The van der Waals surface area contributed by atoms with Crippen LogP contribution in [0.4, 0.5) is 0 Å². The van der Waals surface area contributed by atoms with Crippen LogP contribution in [-0.2, 0) is 0 Å². The molecule has 0 aliphatic carbocycles. The van der Waals surface area contributed by atoms with Crippen molar-refractivity contribution in [1.82, 2.24) is 24.0 Å². The Kier molecular flexibility index (Phi) is 4.99. The third-order valence-corrected chi connectivity index (χ3v) is 9.90. The summed E-state index contributed by atoms with van der Waals surface area (Å²) in [5, 5.41) is 1.03. The van der Waals surface area contributed by atoms with Crippen LogP contribution in [0.2, 0.25) is 0 Å². The highest BCUT2D eigenvalue weighted by atomic mass is 31.2. The maximum atomic E-state index is 7.10. The van der Waals surface area contributed by atoms with E-state index in [4.69, 9.17) is 4.52 Å². The molecule has 0 unspecified atom stereocenters. The average molecular weight is 386 g/mol. The minimum absolute atomic E-state index is 0.764. The van der Waals surface area contributed by atoms with Crippen LogP contribution < -0.4 is 4.52 Å². The monoisotopic (exact) mass is 386 g/mol. The molecule has 0 amide bonds. The molecule has 3 fully saturated rings. The van der Waals surface area contributed by atoms with Crippen molar-refractivity contribution in [2.45, 2.75) is 38.5 Å². The van der Waals surface area contributed by atoms with E-state index >= 15 is 0 Å². The van der Waals surface area contributed by atoms with Crippen molar-refractivity contribution in [3.05, 3.63) is 30.6 Å². The highest BCUT2D eigenvalue weighted by Crippen LogP contribution is 2.70. The largest absolute Gasteiger partial charge is 0.420 e. The summed E-state index contributed by atoms with van der Waals surface area (Å²) < 4.78 is 15.1. The van der Waals surface area contributed by atoms with Crippen molar-refractivity contribution in [2.24, 2.45) is 0 Å². The fourth-order valence-electron chi connectivity index (χ4n) is 4.76. The van der Waals surface area contributed by atoms with Gasteiger partial charge in [-0.2, -0.15) is 4.98 Å². The molecular weight excluding hydrogens is 357 g/mol. The van der Waals surface area contributed by atoms with E-state index < -0.39 is 7.94 Å². The van der Waals surface area contributed by atoms with E-state index in [1.54, 1.807) is 6.33 Å². The zero-order valence-corrected chi connectivity index (χ0v) is 16.9. The Morgan fingerprint density at radius 3 is 1.78 bits per heavy atom. The van der Waals surface area contributed by atoms with E-state index in [-0.39, 0.29) is 0 Å². The van der Waals surface area contributed by atoms with Crippen LogP contribution in [0.3, 0.4) is 0 Å². The summed E-state index contributed by atoms with van der Waals surface area (Å²) in [6.45, 7) is 6.86. The first-order chi connectivity index (χ1) is 13.4. The van der Waals surface area contributed by atoms with Crippen LogP contribution >= 0.6 is 7.94 Å². The summed E-state index contributed by atoms with van der Waals surface area (Å²) in [6, 6.07) is 8.23. The normalized spacial score (nSPS) is 22.8. The van der Waals surface area contributed by atoms with E-state index in [1.165, 1.54) is 38.5 Å². The number of fused-ring (bicyclic) bond motifs is 1. The van der Waals surface area contributed by atoms with E-state index in [0.717, 1.165) is 56.1 Å². The van der Waals surface area contributed by atoms with E-state index in [0.29, 0.717) is 0 Å². The molecule has 5 rings (SSSR count). The number of hydrogen-bond acceptors (Lipinski definition) is 6. The van der Waals surface area contributed by atoms with Gasteiger partial charge in [-0.15, -0.1) is 14.0 Å². The Morgan fingerprint density at radius 2 is 1.22 bits per heavy atom. The lowest BCUT2D eigenvalue weighted by molar-refractivity contribution is 0.291. The SMILES string of the molecule is c1ccc2c(O[P+](N3CCCC3)(N3CCCC3)N3CCCC3)ncnc2c1. The fraction of sp³-hybridized carbons (Fsp3) is 0.600. The summed E-state index contributed by atoms with van der Waals surface area (Å²) in [5.41, 5.74) is 0.963. The minimum atomic E-state index is -2.06. The lowest BCUT2D eigenvalue weighted by Gasteiger charge is -2.40. The van der Waals surface area contributed by atoms with Crippen molar-refractivity contribution in [2.75, 3.05) is 39.3 Å². The van der Waals surface area contributed by atoms with Crippen LogP contribution in [0.5, 0.6) is 5.88 Å². The number of nitrogens with zero attached hydrogens (tertiary/aromatic N) is 5. The highest BCUT2D eigenvalue weighted by molar-refractivity contribution is 7.64. The highest BCUT2D eigenvalue weighted by Gasteiger charge is 2.62. The van der Waals surface area contributed by atoms with Gasteiger partial charge in [-0.1, -0.05) is 12.1 Å². The van der Waals surface area contributed by atoms with Crippen LogP contribution in [0, 0.1) is 0 Å². The third-order valence-electron chi connectivity index (χ3n) is 6.07. The molecule has 6 nitrogen and oxygen atoms in total. The summed E-state index contributed by atoms with van der Waals surface area (Å²) >= 11 is 0. The molecule has 0 bridgehead atoms. The smallest absolute Gasteiger partial charge is 0.271 e. The van der Waals surface area contributed by atoms with Gasteiger partial charge in [0.05, 0.1) is 10.9 Å². The first kappa shape index (κ1) is 17.7. The molecule has 27 heavy (non-hydrogen) atoms. The van der Waals surface area contributed by atoms with Crippen LogP contribution in [-0.4, -0.2) is 63.2 Å². The second kappa shape index (κ2) is 7.59. The first-order valence-corrected chi connectivity index (χ1v) is 12.0. The summed E-state index contributed by atoms with van der Waals surface area (Å²) in [6.07, 6.45) is 9.31. The Bertz CT molecular complexity index is 739. The van der Waals surface area contributed by atoms with Gasteiger partial charge in [0.25, 0.3) is 5.88 Å². The lowest BCUT2D eigenvalue weighted by Crippen LogP contribution is -2.45. The third kappa shape index (κ3) is 3.13. The van der Waals surface area contributed by atoms with Crippen LogP contribution in [0.15, 0.2) is 30.6 Å². The average Bonchev–Trinajstić information content (AvgIpc) is 3.50. The van der Waals surface area contributed by atoms with Gasteiger partial charge in [0, 0.05) is 39.3 Å². The first-order valence-electron chi connectivity index (χ1n) is 10.4. The summed E-state index contributed by atoms with van der Waals surface area (Å²) in [4.78, 5) is 9.07. The Morgan fingerprint density at radius 1 is 0.704 bits per heavy atom. The zero-order valence-electron chi connectivity index (χ0n) is 16.0. The maximum absolute atomic E-state index is 7.10. The molecule has 0 radical (unpaired) electrons. The van der Waals surface area contributed by atoms with Gasteiger partial charge >= 0.3 is 7.94 Å². The molecule has 7 heteroatoms. The van der Waals surface area contributed by atoms with Crippen molar-refractivity contribution >= 4 is 18.8 Å². The Labute approximate surface area is 162 Å². The molecule has 1 aromatic carbocycles. The number of benzene rings is 1. The van der Waals surface area contributed by atoms with E-state index in [9.17, 15) is 0 Å². The quantitative estimate of drug-likeness (QED) is 0.725. The lowest BCUT2D eigenvalue weighted by atomic mass is 10.2. The fourth-order valence-corrected chi connectivity index (χ4v) is 8.97. The second-order valence-corrected chi connectivity index (χ2v) is 10.7. The summed E-state index contributed by atoms with van der Waals surface area (Å²) in [5.74, 6) is 0.764. The zero-order chi connectivity index (χ0) is 18.1. The number of para-hydroxylation sites is 1. The minimum Gasteiger partial charge on any atom is -0.271 e. The van der Waals surface area contributed by atoms with Gasteiger partial charge in [0.1, 0.15) is 6.33 Å². The molecule has 0 N–H and O–H groups in total. The Hall–Kier alpha value is -1.33. The topological polar surface area (TPSA) is 44.7 Å². The number of hydrogen-bond donors (Lipinski definition) is 0. The maximum Gasteiger partial charge on any atom is 0.420 e. The molecule has 1 aromatic heterocycles. The van der Waals surface area contributed by atoms with E-state index in [2.05, 4.69) is 36.1 Å². The van der Waals surface area contributed by atoms with Gasteiger partial charge in [0.15, 0.2) is 0 Å². The molecule has 144 valence electrons. The number of rotatable bonds is 5. The predicted molar refractivity (Wildman–Crippen MR) is 110 cm³/mol. The van der Waals surface area contributed by atoms with Crippen molar-refractivity contribution in [3.8, 4) is 5.88 Å². The molecule has 4 heterocycles. The van der Waals surface area contributed by atoms with Crippen molar-refractivity contribution in [1.29, 1.82) is 0 Å². The predicted octanol–water partition coefficient (Wildman–Crippen LogP) is 3.97. The van der Waals surface area contributed by atoms with Crippen molar-refractivity contribution in [3.63, 3.8) is 0 Å². The molecular formula is C20H29N5OP+. The summed E-state index contributed by atoms with van der Waals surface area (Å²) in [7, 11) is -2.06. The van der Waals surface area contributed by atoms with Crippen LogP contribution in [0.1, 0.15) is 38.5 Å². The number of aromatic nitrogens is 2. The van der Waals surface area contributed by atoms with Gasteiger partial charge in [-0.25, -0.2) is 4.98 Å². The van der Waals surface area contributed by atoms with Crippen molar-refractivity contribution < 1.29 is 4.52 Å². The molecule has 0 spiro atoms. The molecule has 3 aliphatic rings. The van der Waals surface area contributed by atoms with Gasteiger partial charge in [-0.3, -0.25) is 4.52 Å². The van der Waals surface area contributed by atoms with Gasteiger partial charge in [0.2, 0.25) is 0 Å². The molecule has 0 saturated carbocycles. The van der Waals surface area contributed by atoms with Gasteiger partial charge in [-0.05, 0) is 50.7 Å².